The van der Waals surface area contributed by atoms with Gasteiger partial charge in [0.05, 0.1) is 0 Å². The van der Waals surface area contributed by atoms with E-state index in [9.17, 15) is 0 Å². The fourth-order valence-corrected chi connectivity index (χ4v) is 9.00. The quantitative estimate of drug-likeness (QED) is 0.184. The standard InChI is InChI=1S/C42H26BN/c1-3-11-32-25(7-1)19-21-35-34-13-6-14-36-42(34)43(40(32)35)41-33-12-4-2-8-26(33)20-22-37(41)44(36)31-23-29-17-15-27-9-5-10-28-16-18-30(24-31)39(29)38(27)28/h1-17,19-24,38H,18H2. The third-order valence-corrected chi connectivity index (χ3v) is 10.7. The zero-order valence-electron chi connectivity index (χ0n) is 24.1. The average molecular weight is 555 g/mol. The Balaban J connectivity index is 1.23. The molecule has 0 fully saturated rings. The Morgan fingerprint density at radius 3 is 2.27 bits per heavy atom. The van der Waals surface area contributed by atoms with Crippen LogP contribution in [0.25, 0.3) is 38.7 Å². The number of benzene rings is 6. The molecule has 0 aromatic heterocycles. The number of hydrogen-bond acceptors (Lipinski definition) is 1. The van der Waals surface area contributed by atoms with Crippen molar-refractivity contribution < 1.29 is 0 Å². The number of anilines is 3. The Bertz CT molecular complexity index is 2440. The molecule has 6 aromatic carbocycles. The first-order valence-electron chi connectivity index (χ1n) is 15.7. The molecule has 44 heavy (non-hydrogen) atoms. The number of fused-ring (bicyclic) bond motifs is 9. The van der Waals surface area contributed by atoms with Crippen LogP contribution in [0, 0.1) is 0 Å². The van der Waals surface area contributed by atoms with Gasteiger partial charge in [-0.1, -0.05) is 121 Å². The van der Waals surface area contributed by atoms with Crippen molar-refractivity contribution in [2.45, 2.75) is 12.3 Å². The Labute approximate surface area is 256 Å². The van der Waals surface area contributed by atoms with Gasteiger partial charge >= 0.3 is 0 Å². The van der Waals surface area contributed by atoms with Gasteiger partial charge in [0.2, 0.25) is 6.71 Å². The molecule has 11 rings (SSSR count). The summed E-state index contributed by atoms with van der Waals surface area (Å²) in [4.78, 5) is 2.57. The first-order chi connectivity index (χ1) is 21.8. The van der Waals surface area contributed by atoms with Gasteiger partial charge in [0, 0.05) is 23.0 Å². The molecule has 2 heteroatoms. The van der Waals surface area contributed by atoms with Crippen molar-refractivity contribution in [2.24, 2.45) is 0 Å². The van der Waals surface area contributed by atoms with Crippen molar-refractivity contribution in [1.29, 1.82) is 0 Å². The molecule has 6 aromatic rings. The number of allylic oxidation sites excluding steroid dienone is 7. The molecule has 2 aliphatic heterocycles. The minimum absolute atomic E-state index is 0.183. The van der Waals surface area contributed by atoms with Crippen LogP contribution in [0.3, 0.4) is 0 Å². The molecule has 0 radical (unpaired) electrons. The summed E-state index contributed by atoms with van der Waals surface area (Å²) >= 11 is 0. The molecule has 3 aliphatic carbocycles. The van der Waals surface area contributed by atoms with E-state index >= 15 is 0 Å². The van der Waals surface area contributed by atoms with Gasteiger partial charge in [-0.05, 0) is 102 Å². The van der Waals surface area contributed by atoms with Crippen LogP contribution in [0.2, 0.25) is 0 Å². The number of rotatable bonds is 1. The maximum absolute atomic E-state index is 2.57. The predicted molar refractivity (Wildman–Crippen MR) is 187 cm³/mol. The second kappa shape index (κ2) is 8.18. The monoisotopic (exact) mass is 555 g/mol. The Hall–Kier alpha value is -5.34. The highest BCUT2D eigenvalue weighted by molar-refractivity contribution is 7.03. The van der Waals surface area contributed by atoms with Crippen molar-refractivity contribution in [2.75, 3.05) is 4.90 Å². The van der Waals surface area contributed by atoms with Crippen molar-refractivity contribution >= 4 is 67.8 Å². The summed E-state index contributed by atoms with van der Waals surface area (Å²) < 4.78 is 0. The van der Waals surface area contributed by atoms with Gasteiger partial charge in [0.25, 0.3) is 0 Å². The molecule has 1 atom stereocenters. The zero-order valence-corrected chi connectivity index (χ0v) is 24.1. The van der Waals surface area contributed by atoms with Crippen LogP contribution in [0.4, 0.5) is 17.1 Å². The minimum atomic E-state index is 0.183. The van der Waals surface area contributed by atoms with Gasteiger partial charge in [-0.25, -0.2) is 0 Å². The molecular formula is C42H26BN. The predicted octanol–water partition coefficient (Wildman–Crippen LogP) is 8.36. The number of hydrogen-bond donors (Lipinski definition) is 0. The zero-order chi connectivity index (χ0) is 28.5. The van der Waals surface area contributed by atoms with E-state index in [1.807, 2.05) is 0 Å². The largest absolute Gasteiger partial charge is 0.311 e. The van der Waals surface area contributed by atoms with E-state index in [-0.39, 0.29) is 6.71 Å². The molecule has 0 N–H and O–H groups in total. The van der Waals surface area contributed by atoms with Crippen LogP contribution in [0.1, 0.15) is 22.6 Å². The summed E-state index contributed by atoms with van der Waals surface area (Å²) in [6.45, 7) is 0.183. The molecule has 0 saturated carbocycles. The summed E-state index contributed by atoms with van der Waals surface area (Å²) in [6, 6.07) is 39.1. The van der Waals surface area contributed by atoms with E-state index in [4.69, 9.17) is 0 Å². The first-order valence-corrected chi connectivity index (χ1v) is 15.7. The lowest BCUT2D eigenvalue weighted by Gasteiger charge is -2.39. The SMILES string of the molecule is C1=CC2=CCc3cc(N4c5cccc6c5B(c5c-6ccc6ccccc56)c5c4ccc4ccccc54)cc4c3C2C(=C1)C=C4. The van der Waals surface area contributed by atoms with Crippen LogP contribution < -0.4 is 21.3 Å². The molecule has 2 heterocycles. The highest BCUT2D eigenvalue weighted by Gasteiger charge is 2.44. The molecule has 0 amide bonds. The Morgan fingerprint density at radius 1 is 0.614 bits per heavy atom. The summed E-state index contributed by atoms with van der Waals surface area (Å²) in [5.74, 6) is 0.364. The maximum atomic E-state index is 2.57. The van der Waals surface area contributed by atoms with Crippen LogP contribution in [0.5, 0.6) is 0 Å². The van der Waals surface area contributed by atoms with Gasteiger partial charge in [-0.15, -0.1) is 0 Å². The fraction of sp³-hybridized carbons (Fsp3) is 0.0476. The lowest BCUT2D eigenvalue weighted by Crippen LogP contribution is -2.55. The van der Waals surface area contributed by atoms with E-state index in [1.54, 1.807) is 0 Å². The third kappa shape index (κ3) is 2.82. The van der Waals surface area contributed by atoms with Gasteiger partial charge in [0.1, 0.15) is 0 Å². The van der Waals surface area contributed by atoms with E-state index in [0.717, 1.165) is 6.42 Å². The molecule has 1 nitrogen and oxygen atoms in total. The van der Waals surface area contributed by atoms with E-state index < -0.39 is 0 Å². The molecular weight excluding hydrogens is 529 g/mol. The summed E-state index contributed by atoms with van der Waals surface area (Å²) in [7, 11) is 0. The second-order valence-electron chi connectivity index (χ2n) is 12.8. The summed E-state index contributed by atoms with van der Waals surface area (Å²) in [5.41, 5.74) is 18.0. The summed E-state index contributed by atoms with van der Waals surface area (Å²) in [6.07, 6.45) is 14.9. The number of nitrogens with zero attached hydrogens (tertiary/aromatic N) is 1. The molecule has 0 spiro atoms. The van der Waals surface area contributed by atoms with Crippen LogP contribution in [-0.4, -0.2) is 6.71 Å². The Morgan fingerprint density at radius 2 is 1.39 bits per heavy atom. The smallest absolute Gasteiger partial charge is 0.249 e. The van der Waals surface area contributed by atoms with Gasteiger partial charge in [-0.3, -0.25) is 0 Å². The van der Waals surface area contributed by atoms with Crippen LogP contribution in [0.15, 0.2) is 145 Å². The lowest BCUT2D eigenvalue weighted by atomic mass is 9.36. The van der Waals surface area contributed by atoms with E-state index in [2.05, 4.69) is 144 Å². The molecule has 1 unspecified atom stereocenters. The highest BCUT2D eigenvalue weighted by atomic mass is 15.2. The third-order valence-electron chi connectivity index (χ3n) is 10.7. The molecule has 202 valence electrons. The van der Waals surface area contributed by atoms with E-state index in [1.165, 1.54) is 94.0 Å². The van der Waals surface area contributed by atoms with Crippen LogP contribution in [-0.2, 0) is 6.42 Å². The molecule has 0 saturated heterocycles. The Kier molecular flexibility index (Phi) is 4.31. The normalized spacial score (nSPS) is 17.7. The van der Waals surface area contributed by atoms with Crippen molar-refractivity contribution in [3.63, 3.8) is 0 Å². The van der Waals surface area contributed by atoms with E-state index in [0.29, 0.717) is 5.92 Å². The van der Waals surface area contributed by atoms with Crippen molar-refractivity contribution in [3.05, 3.63) is 161 Å². The van der Waals surface area contributed by atoms with Gasteiger partial charge < -0.3 is 4.90 Å². The highest BCUT2D eigenvalue weighted by Crippen LogP contribution is 2.49. The maximum Gasteiger partial charge on any atom is 0.249 e. The first kappa shape index (κ1) is 23.2. The minimum Gasteiger partial charge on any atom is -0.311 e. The molecule has 0 bridgehead atoms. The fourth-order valence-electron chi connectivity index (χ4n) is 9.00. The molecule has 5 aliphatic rings. The van der Waals surface area contributed by atoms with Gasteiger partial charge in [0.15, 0.2) is 0 Å². The van der Waals surface area contributed by atoms with Crippen molar-refractivity contribution in [1.82, 2.24) is 0 Å². The lowest BCUT2D eigenvalue weighted by molar-refractivity contribution is 0.892. The summed E-state index contributed by atoms with van der Waals surface area (Å²) in [5, 5.41) is 5.31. The topological polar surface area (TPSA) is 3.24 Å². The van der Waals surface area contributed by atoms with Crippen molar-refractivity contribution in [3.8, 4) is 11.1 Å². The average Bonchev–Trinajstić information content (AvgIpc) is 3.43. The van der Waals surface area contributed by atoms with Gasteiger partial charge in [-0.2, -0.15) is 0 Å². The van der Waals surface area contributed by atoms with Crippen LogP contribution >= 0.6 is 0 Å². The second-order valence-corrected chi connectivity index (χ2v) is 12.8.